The van der Waals surface area contributed by atoms with E-state index in [-0.39, 0.29) is 35.5 Å². The number of rotatable bonds is 4. The lowest BCUT2D eigenvalue weighted by Gasteiger charge is -2.38. The zero-order chi connectivity index (χ0) is 18.7. The van der Waals surface area contributed by atoms with Crippen LogP contribution in [0.25, 0.3) is 0 Å². The summed E-state index contributed by atoms with van der Waals surface area (Å²) < 4.78 is 29.5. The summed E-state index contributed by atoms with van der Waals surface area (Å²) in [6, 6.07) is 5.94. The van der Waals surface area contributed by atoms with E-state index in [1.807, 2.05) is 0 Å². The van der Waals surface area contributed by atoms with Gasteiger partial charge < -0.3 is 20.3 Å². The molecular weight excluding hydrogens is 380 g/mol. The van der Waals surface area contributed by atoms with Gasteiger partial charge in [0.2, 0.25) is 5.91 Å². The van der Waals surface area contributed by atoms with Crippen molar-refractivity contribution in [2.24, 2.45) is 5.73 Å². The molecule has 150 valence electrons. The minimum Gasteiger partial charge on any atom is -0.434 e. The van der Waals surface area contributed by atoms with Crippen LogP contribution in [-0.2, 0) is 4.79 Å². The van der Waals surface area contributed by atoms with Crippen molar-refractivity contribution in [3.63, 3.8) is 0 Å². The van der Waals surface area contributed by atoms with Crippen molar-refractivity contribution >= 4 is 24.2 Å². The quantitative estimate of drug-likeness (QED) is 0.836. The number of piperazine rings is 1. The Labute approximate surface area is 163 Å². The number of nitrogens with two attached hydrogens (primary N) is 1. The number of carbonyl (C=O) groups excluding carboxylic acids is 2. The topological polar surface area (TPSA) is 75.9 Å². The van der Waals surface area contributed by atoms with Crippen molar-refractivity contribution in [2.45, 2.75) is 37.8 Å². The summed E-state index contributed by atoms with van der Waals surface area (Å²) in [6.07, 6.45) is 3.32. The summed E-state index contributed by atoms with van der Waals surface area (Å²) in [7, 11) is 0. The highest BCUT2D eigenvalue weighted by Gasteiger charge is 2.41. The normalized spacial score (nSPS) is 19.0. The van der Waals surface area contributed by atoms with E-state index in [1.54, 1.807) is 15.9 Å². The lowest BCUT2D eigenvalue weighted by molar-refractivity contribution is -0.138. The third-order valence-electron chi connectivity index (χ3n) is 5.11. The van der Waals surface area contributed by atoms with Crippen LogP contribution >= 0.6 is 12.4 Å². The number of nitrogens with zero attached hydrogens (tertiary/aromatic N) is 2. The molecule has 1 saturated heterocycles. The predicted octanol–water partition coefficient (Wildman–Crippen LogP) is 2.27. The second kappa shape index (κ2) is 8.84. The number of alkyl halides is 2. The van der Waals surface area contributed by atoms with E-state index < -0.39 is 12.2 Å². The van der Waals surface area contributed by atoms with E-state index in [4.69, 9.17) is 5.73 Å². The predicted molar refractivity (Wildman–Crippen MR) is 98.2 cm³/mol. The van der Waals surface area contributed by atoms with Crippen LogP contribution in [0.4, 0.5) is 8.78 Å². The van der Waals surface area contributed by atoms with Crippen LogP contribution in [0.2, 0.25) is 0 Å². The first kappa shape index (κ1) is 21.4. The number of hydrogen-bond acceptors (Lipinski definition) is 4. The molecule has 1 heterocycles. The van der Waals surface area contributed by atoms with Crippen molar-refractivity contribution in [3.8, 4) is 5.75 Å². The lowest BCUT2D eigenvalue weighted by atomic mass is 9.97. The number of benzene rings is 1. The molecule has 0 unspecified atom stereocenters. The third kappa shape index (κ3) is 4.68. The molecule has 2 N–H and O–H groups in total. The molecule has 1 aromatic carbocycles. The standard InChI is InChI=1S/C18H23F2N3O3.ClH/c19-17(20)26-14-6-2-1-5-13(14)15(24)22-9-11-23(12-10-22)16(25)18(21)7-3-4-8-18;/h1-2,5-6,17H,3-4,7-12,21H2;1H. The minimum absolute atomic E-state index is 0. The molecule has 2 aliphatic rings. The highest BCUT2D eigenvalue weighted by atomic mass is 35.5. The minimum atomic E-state index is -2.99. The Kier molecular flexibility index (Phi) is 7.00. The molecule has 6 nitrogen and oxygen atoms in total. The van der Waals surface area contributed by atoms with Gasteiger partial charge in [0.05, 0.1) is 11.1 Å². The first-order chi connectivity index (χ1) is 12.4. The maximum Gasteiger partial charge on any atom is 0.387 e. The number of para-hydroxylation sites is 1. The van der Waals surface area contributed by atoms with Crippen LogP contribution < -0.4 is 10.5 Å². The van der Waals surface area contributed by atoms with Crippen LogP contribution in [0.1, 0.15) is 36.0 Å². The summed E-state index contributed by atoms with van der Waals surface area (Å²) in [4.78, 5) is 28.6. The average Bonchev–Trinajstić information content (AvgIpc) is 3.08. The third-order valence-corrected chi connectivity index (χ3v) is 5.11. The fraction of sp³-hybridized carbons (Fsp3) is 0.556. The molecule has 27 heavy (non-hydrogen) atoms. The Balaban J connectivity index is 0.00000261. The first-order valence-corrected chi connectivity index (χ1v) is 8.82. The van der Waals surface area contributed by atoms with Gasteiger partial charge in [-0.1, -0.05) is 25.0 Å². The fourth-order valence-electron chi connectivity index (χ4n) is 3.66. The molecule has 2 fully saturated rings. The smallest absolute Gasteiger partial charge is 0.387 e. The molecule has 0 bridgehead atoms. The molecule has 0 atom stereocenters. The fourth-order valence-corrected chi connectivity index (χ4v) is 3.66. The molecule has 0 radical (unpaired) electrons. The van der Waals surface area contributed by atoms with Crippen LogP contribution in [0.3, 0.4) is 0 Å². The largest absolute Gasteiger partial charge is 0.434 e. The monoisotopic (exact) mass is 403 g/mol. The number of carbonyl (C=O) groups is 2. The summed E-state index contributed by atoms with van der Waals surface area (Å²) in [5.41, 5.74) is 5.55. The zero-order valence-electron chi connectivity index (χ0n) is 14.9. The van der Waals surface area contributed by atoms with Gasteiger partial charge in [0.15, 0.2) is 0 Å². The molecule has 1 aliphatic heterocycles. The summed E-state index contributed by atoms with van der Waals surface area (Å²) in [5.74, 6) is -0.571. The molecule has 1 saturated carbocycles. The highest BCUT2D eigenvalue weighted by Crippen LogP contribution is 2.29. The average molecular weight is 404 g/mol. The molecule has 1 aliphatic carbocycles. The molecule has 0 spiro atoms. The SMILES string of the molecule is Cl.NC1(C(=O)N2CCN(C(=O)c3ccccc3OC(F)F)CC2)CCCC1. The Hall–Kier alpha value is -1.93. The number of amides is 2. The van der Waals surface area contributed by atoms with Crippen LogP contribution in [0, 0.1) is 0 Å². The van der Waals surface area contributed by atoms with Crippen molar-refractivity contribution in [3.05, 3.63) is 29.8 Å². The molecule has 2 amide bonds. The van der Waals surface area contributed by atoms with E-state index in [9.17, 15) is 18.4 Å². The highest BCUT2D eigenvalue weighted by molar-refractivity contribution is 5.97. The van der Waals surface area contributed by atoms with Crippen LogP contribution in [0.5, 0.6) is 5.75 Å². The number of hydrogen-bond donors (Lipinski definition) is 1. The maximum atomic E-state index is 12.7. The van der Waals surface area contributed by atoms with Crippen molar-refractivity contribution in [1.29, 1.82) is 0 Å². The Bertz CT molecular complexity index is 676. The van der Waals surface area contributed by atoms with Gasteiger partial charge in [-0.05, 0) is 25.0 Å². The number of halogens is 3. The Morgan fingerprint density at radius 2 is 1.59 bits per heavy atom. The molecule has 1 aromatic rings. The van der Waals surface area contributed by atoms with E-state index in [0.29, 0.717) is 39.0 Å². The summed E-state index contributed by atoms with van der Waals surface area (Å²) in [5, 5.41) is 0. The van der Waals surface area contributed by atoms with E-state index >= 15 is 0 Å². The van der Waals surface area contributed by atoms with Gasteiger partial charge in [-0.25, -0.2) is 0 Å². The van der Waals surface area contributed by atoms with Crippen molar-refractivity contribution in [1.82, 2.24) is 9.80 Å². The molecule has 9 heteroatoms. The van der Waals surface area contributed by atoms with Crippen molar-refractivity contribution in [2.75, 3.05) is 26.2 Å². The Morgan fingerprint density at radius 1 is 1.04 bits per heavy atom. The van der Waals surface area contributed by atoms with E-state index in [1.165, 1.54) is 18.2 Å². The van der Waals surface area contributed by atoms with Gasteiger partial charge in [-0.3, -0.25) is 9.59 Å². The summed E-state index contributed by atoms with van der Waals surface area (Å²) >= 11 is 0. The maximum absolute atomic E-state index is 12.7. The molecule has 3 rings (SSSR count). The lowest BCUT2D eigenvalue weighted by Crippen LogP contribution is -2.59. The zero-order valence-corrected chi connectivity index (χ0v) is 15.7. The van der Waals surface area contributed by atoms with Gasteiger partial charge in [0, 0.05) is 26.2 Å². The van der Waals surface area contributed by atoms with Crippen LogP contribution in [-0.4, -0.2) is 59.9 Å². The Morgan fingerprint density at radius 3 is 2.19 bits per heavy atom. The van der Waals surface area contributed by atoms with Crippen LogP contribution in [0.15, 0.2) is 24.3 Å². The van der Waals surface area contributed by atoms with Gasteiger partial charge in [-0.2, -0.15) is 8.78 Å². The first-order valence-electron chi connectivity index (χ1n) is 8.82. The van der Waals surface area contributed by atoms with Gasteiger partial charge in [0.25, 0.3) is 5.91 Å². The van der Waals surface area contributed by atoms with E-state index in [2.05, 4.69) is 4.74 Å². The van der Waals surface area contributed by atoms with Crippen molar-refractivity contribution < 1.29 is 23.1 Å². The second-order valence-electron chi connectivity index (χ2n) is 6.82. The van der Waals surface area contributed by atoms with Gasteiger partial charge in [-0.15, -0.1) is 12.4 Å². The summed E-state index contributed by atoms with van der Waals surface area (Å²) in [6.45, 7) is -1.54. The number of ether oxygens (including phenoxy) is 1. The molecule has 0 aromatic heterocycles. The van der Waals surface area contributed by atoms with Gasteiger partial charge in [0.1, 0.15) is 5.75 Å². The second-order valence-corrected chi connectivity index (χ2v) is 6.82. The van der Waals surface area contributed by atoms with Gasteiger partial charge >= 0.3 is 6.61 Å². The molecular formula is C18H24ClF2N3O3. The van der Waals surface area contributed by atoms with E-state index in [0.717, 1.165) is 12.8 Å².